The second-order valence-electron chi connectivity index (χ2n) is 7.22. The molecule has 0 spiro atoms. The number of anilines is 5. The van der Waals surface area contributed by atoms with Crippen LogP contribution >= 0.6 is 0 Å². The first-order valence-electron chi connectivity index (χ1n) is 9.93. The first-order valence-corrected chi connectivity index (χ1v) is 9.93. The summed E-state index contributed by atoms with van der Waals surface area (Å²) in [5, 5.41) is 9.10. The van der Waals surface area contributed by atoms with Gasteiger partial charge in [0, 0.05) is 35.0 Å². The molecular formula is C24H21FN6O. The van der Waals surface area contributed by atoms with E-state index in [4.69, 9.17) is 0 Å². The fourth-order valence-corrected chi connectivity index (χ4v) is 3.00. The molecule has 2 heterocycles. The number of nitrogens with zero attached hydrogens (tertiary/aromatic N) is 3. The summed E-state index contributed by atoms with van der Waals surface area (Å²) in [7, 11) is 0. The zero-order valence-electron chi connectivity index (χ0n) is 17.6. The van der Waals surface area contributed by atoms with E-state index in [1.54, 1.807) is 24.3 Å². The molecule has 4 aromatic rings. The van der Waals surface area contributed by atoms with Crippen molar-refractivity contribution in [3.63, 3.8) is 0 Å². The molecule has 0 bridgehead atoms. The molecule has 32 heavy (non-hydrogen) atoms. The van der Waals surface area contributed by atoms with Crippen LogP contribution in [-0.4, -0.2) is 20.9 Å². The Kier molecular flexibility index (Phi) is 6.03. The largest absolute Gasteiger partial charge is 0.340 e. The predicted octanol–water partition coefficient (Wildman–Crippen LogP) is 5.37. The summed E-state index contributed by atoms with van der Waals surface area (Å²) in [5.41, 5.74) is 4.13. The van der Waals surface area contributed by atoms with Gasteiger partial charge in [-0.15, -0.1) is 0 Å². The Morgan fingerprint density at radius 3 is 2.22 bits per heavy atom. The van der Waals surface area contributed by atoms with E-state index < -0.39 is 11.7 Å². The molecule has 0 atom stereocenters. The van der Waals surface area contributed by atoms with Crippen molar-refractivity contribution in [2.24, 2.45) is 0 Å². The maximum atomic E-state index is 13.7. The number of rotatable bonds is 6. The number of carbonyl (C=O) groups is 1. The van der Waals surface area contributed by atoms with E-state index in [9.17, 15) is 9.18 Å². The smallest absolute Gasteiger partial charge is 0.258 e. The van der Waals surface area contributed by atoms with E-state index in [1.165, 1.54) is 17.8 Å². The quantitative estimate of drug-likeness (QED) is 0.383. The van der Waals surface area contributed by atoms with Gasteiger partial charge in [-0.05, 0) is 56.3 Å². The van der Waals surface area contributed by atoms with Gasteiger partial charge in [-0.25, -0.2) is 9.37 Å². The predicted molar refractivity (Wildman–Crippen MR) is 123 cm³/mol. The number of carbonyl (C=O) groups excluding carboxylic acids is 1. The first-order chi connectivity index (χ1) is 15.5. The summed E-state index contributed by atoms with van der Waals surface area (Å²) in [5.74, 6) is -0.0938. The highest BCUT2D eigenvalue weighted by molar-refractivity contribution is 6.04. The Labute approximate surface area is 184 Å². The van der Waals surface area contributed by atoms with Crippen LogP contribution in [0.15, 0.2) is 73.1 Å². The number of amides is 1. The van der Waals surface area contributed by atoms with Crippen LogP contribution in [0.3, 0.4) is 0 Å². The minimum Gasteiger partial charge on any atom is -0.340 e. The minimum atomic E-state index is -0.669. The molecule has 8 heteroatoms. The molecule has 0 fully saturated rings. The zero-order chi connectivity index (χ0) is 22.5. The van der Waals surface area contributed by atoms with Gasteiger partial charge >= 0.3 is 0 Å². The van der Waals surface area contributed by atoms with Crippen LogP contribution < -0.4 is 16.0 Å². The van der Waals surface area contributed by atoms with Crippen LogP contribution in [0, 0.1) is 19.7 Å². The molecule has 0 aliphatic heterocycles. The Bertz CT molecular complexity index is 1240. The second-order valence-corrected chi connectivity index (χ2v) is 7.22. The highest BCUT2D eigenvalue weighted by Gasteiger charge is 2.11. The molecule has 0 saturated heterocycles. The molecule has 4 rings (SSSR count). The van der Waals surface area contributed by atoms with Gasteiger partial charge in [-0.1, -0.05) is 17.7 Å². The molecule has 0 saturated carbocycles. The van der Waals surface area contributed by atoms with E-state index in [0.29, 0.717) is 17.5 Å². The number of benzene rings is 2. The van der Waals surface area contributed by atoms with Crippen LogP contribution in [0.1, 0.15) is 21.6 Å². The van der Waals surface area contributed by atoms with Gasteiger partial charge in [-0.2, -0.15) is 4.98 Å². The Hall–Kier alpha value is -4.33. The monoisotopic (exact) mass is 428 g/mol. The van der Waals surface area contributed by atoms with Crippen molar-refractivity contribution < 1.29 is 9.18 Å². The van der Waals surface area contributed by atoms with E-state index >= 15 is 0 Å². The van der Waals surface area contributed by atoms with Crippen LogP contribution in [0.2, 0.25) is 0 Å². The number of pyridine rings is 1. The van der Waals surface area contributed by atoms with E-state index in [1.807, 2.05) is 44.2 Å². The maximum absolute atomic E-state index is 13.7. The molecule has 0 unspecified atom stereocenters. The average Bonchev–Trinajstić information content (AvgIpc) is 2.76. The fourth-order valence-electron chi connectivity index (χ4n) is 3.00. The van der Waals surface area contributed by atoms with Crippen LogP contribution in [0.4, 0.5) is 33.2 Å². The summed E-state index contributed by atoms with van der Waals surface area (Å²) >= 11 is 0. The zero-order valence-corrected chi connectivity index (χ0v) is 17.6. The lowest BCUT2D eigenvalue weighted by Crippen LogP contribution is -2.13. The minimum absolute atomic E-state index is 0.0627. The van der Waals surface area contributed by atoms with Crippen molar-refractivity contribution >= 4 is 34.7 Å². The third kappa shape index (κ3) is 5.23. The Balaban J connectivity index is 1.44. The van der Waals surface area contributed by atoms with Crippen molar-refractivity contribution in [3.8, 4) is 0 Å². The lowest BCUT2D eigenvalue weighted by molar-refractivity contribution is 0.102. The summed E-state index contributed by atoms with van der Waals surface area (Å²) < 4.78 is 13.7. The molecule has 160 valence electrons. The summed E-state index contributed by atoms with van der Waals surface area (Å²) in [6, 6.07) is 18.2. The number of nitrogens with one attached hydrogen (secondary N) is 3. The Morgan fingerprint density at radius 1 is 0.844 bits per heavy atom. The lowest BCUT2D eigenvalue weighted by atomic mass is 10.2. The molecule has 0 radical (unpaired) electrons. The van der Waals surface area contributed by atoms with Crippen molar-refractivity contribution in [1.82, 2.24) is 15.0 Å². The van der Waals surface area contributed by atoms with Crippen molar-refractivity contribution in [2.75, 3.05) is 16.0 Å². The third-order valence-corrected chi connectivity index (χ3v) is 4.59. The van der Waals surface area contributed by atoms with Gasteiger partial charge in [0.2, 0.25) is 5.95 Å². The van der Waals surface area contributed by atoms with E-state index in [0.717, 1.165) is 23.3 Å². The molecule has 7 nitrogen and oxygen atoms in total. The fraction of sp³-hybridized carbons (Fsp3) is 0.0833. The van der Waals surface area contributed by atoms with Gasteiger partial charge in [0.05, 0.1) is 11.8 Å². The van der Waals surface area contributed by atoms with Gasteiger partial charge in [-0.3, -0.25) is 9.78 Å². The van der Waals surface area contributed by atoms with Crippen LogP contribution in [0.25, 0.3) is 0 Å². The number of aromatic nitrogens is 3. The summed E-state index contributed by atoms with van der Waals surface area (Å²) in [6.45, 7) is 3.92. The highest BCUT2D eigenvalue weighted by atomic mass is 19.1. The molecule has 0 aliphatic rings. The van der Waals surface area contributed by atoms with Crippen LogP contribution in [-0.2, 0) is 0 Å². The molecule has 0 aliphatic carbocycles. The SMILES string of the molecule is Cc1ccc(Nc2nc(C)cc(Nc3ccc(NC(=O)c4ccncc4F)cc3)n2)cc1. The number of aryl methyl sites for hydroxylation is 2. The highest BCUT2D eigenvalue weighted by Crippen LogP contribution is 2.21. The molecule has 2 aromatic heterocycles. The standard InChI is InChI=1S/C24H21FN6O/c1-15-3-5-19(6-4-15)30-24-27-16(2)13-22(31-24)28-17-7-9-18(10-8-17)29-23(32)20-11-12-26-14-21(20)25/h3-14H,1-2H3,(H,29,32)(H2,27,28,30,31). The van der Waals surface area contributed by atoms with Crippen molar-refractivity contribution in [1.29, 1.82) is 0 Å². The average molecular weight is 428 g/mol. The van der Waals surface area contributed by atoms with Gasteiger partial charge in [0.1, 0.15) is 5.82 Å². The third-order valence-electron chi connectivity index (χ3n) is 4.59. The molecule has 2 aromatic carbocycles. The van der Waals surface area contributed by atoms with Gasteiger partial charge < -0.3 is 16.0 Å². The normalized spacial score (nSPS) is 10.5. The Morgan fingerprint density at radius 2 is 1.50 bits per heavy atom. The lowest BCUT2D eigenvalue weighted by Gasteiger charge is -2.11. The van der Waals surface area contributed by atoms with Crippen molar-refractivity contribution in [3.05, 3.63) is 95.7 Å². The number of halogens is 1. The summed E-state index contributed by atoms with van der Waals surface area (Å²) in [6.07, 6.45) is 2.38. The maximum Gasteiger partial charge on any atom is 0.258 e. The van der Waals surface area contributed by atoms with Crippen LogP contribution in [0.5, 0.6) is 0 Å². The summed E-state index contributed by atoms with van der Waals surface area (Å²) in [4.78, 5) is 24.8. The van der Waals surface area contributed by atoms with Crippen molar-refractivity contribution in [2.45, 2.75) is 13.8 Å². The van der Waals surface area contributed by atoms with Gasteiger partial charge in [0.15, 0.2) is 5.82 Å². The van der Waals surface area contributed by atoms with E-state index in [2.05, 4.69) is 30.9 Å². The number of hydrogen-bond acceptors (Lipinski definition) is 6. The number of hydrogen-bond donors (Lipinski definition) is 3. The first kappa shape index (κ1) is 20.9. The van der Waals surface area contributed by atoms with Gasteiger partial charge in [0.25, 0.3) is 5.91 Å². The molecule has 3 N–H and O–H groups in total. The topological polar surface area (TPSA) is 91.8 Å². The van der Waals surface area contributed by atoms with E-state index in [-0.39, 0.29) is 5.56 Å². The molecule has 1 amide bonds. The second kappa shape index (κ2) is 9.22. The molecular weight excluding hydrogens is 407 g/mol.